The summed E-state index contributed by atoms with van der Waals surface area (Å²) in [7, 11) is -3.73. The van der Waals surface area contributed by atoms with E-state index in [0.29, 0.717) is 10.8 Å². The Morgan fingerprint density at radius 3 is 2.69 bits per heavy atom. The third-order valence-electron chi connectivity index (χ3n) is 4.26. The fourth-order valence-electron chi connectivity index (χ4n) is 2.88. The van der Waals surface area contributed by atoms with Crippen LogP contribution in [0.2, 0.25) is 0 Å². The summed E-state index contributed by atoms with van der Waals surface area (Å²) in [6.45, 7) is 1.98. The van der Waals surface area contributed by atoms with Crippen LogP contribution < -0.4 is 10.0 Å². The maximum absolute atomic E-state index is 12.4. The van der Waals surface area contributed by atoms with Gasteiger partial charge in [-0.2, -0.15) is 0 Å². The molecule has 0 aliphatic heterocycles. The smallest absolute Gasteiger partial charge is 0.263 e. The molecule has 0 atom stereocenters. The highest BCUT2D eigenvalue weighted by Gasteiger charge is 2.16. The second-order valence-corrected chi connectivity index (χ2v) is 9.03. The van der Waals surface area contributed by atoms with Crippen LogP contribution >= 0.6 is 11.3 Å². The number of furan rings is 1. The van der Waals surface area contributed by atoms with Crippen LogP contribution in [0.1, 0.15) is 11.1 Å². The van der Waals surface area contributed by atoms with Crippen LogP contribution in [-0.4, -0.2) is 19.3 Å². The van der Waals surface area contributed by atoms with Gasteiger partial charge in [-0.1, -0.05) is 11.6 Å². The highest BCUT2D eigenvalue weighted by Crippen LogP contribution is 2.24. The van der Waals surface area contributed by atoms with Gasteiger partial charge in [0.2, 0.25) is 5.91 Å². The minimum Gasteiger partial charge on any atom is -0.464 e. The van der Waals surface area contributed by atoms with Crippen molar-refractivity contribution in [1.29, 1.82) is 0 Å². The van der Waals surface area contributed by atoms with E-state index in [1.807, 2.05) is 25.1 Å². The summed E-state index contributed by atoms with van der Waals surface area (Å²) in [5, 5.41) is 5.67. The number of sulfonamides is 1. The van der Waals surface area contributed by atoms with Gasteiger partial charge in [0.25, 0.3) is 10.0 Å². The van der Waals surface area contributed by atoms with Gasteiger partial charge >= 0.3 is 0 Å². The number of aromatic nitrogens is 1. The molecule has 4 aromatic rings. The predicted molar refractivity (Wildman–Crippen MR) is 113 cm³/mol. The van der Waals surface area contributed by atoms with Gasteiger partial charge in [0, 0.05) is 28.2 Å². The van der Waals surface area contributed by atoms with Gasteiger partial charge in [-0.15, -0.1) is 11.3 Å². The van der Waals surface area contributed by atoms with Gasteiger partial charge in [0.15, 0.2) is 5.13 Å². The summed E-state index contributed by atoms with van der Waals surface area (Å²) >= 11 is 1.19. The van der Waals surface area contributed by atoms with E-state index in [0.717, 1.165) is 22.1 Å². The Bertz CT molecular complexity index is 1260. The Balaban J connectivity index is 1.44. The molecule has 0 aliphatic carbocycles. The van der Waals surface area contributed by atoms with Crippen LogP contribution in [-0.2, 0) is 21.2 Å². The van der Waals surface area contributed by atoms with E-state index in [1.54, 1.807) is 23.8 Å². The molecule has 0 fully saturated rings. The molecule has 2 aromatic carbocycles. The average Bonchev–Trinajstić information content (AvgIpc) is 3.32. The first-order valence-corrected chi connectivity index (χ1v) is 11.1. The lowest BCUT2D eigenvalue weighted by atomic mass is 10.1. The van der Waals surface area contributed by atoms with Crippen molar-refractivity contribution >= 4 is 49.1 Å². The van der Waals surface area contributed by atoms with Crippen LogP contribution in [0.5, 0.6) is 0 Å². The first-order chi connectivity index (χ1) is 13.9. The number of rotatable bonds is 6. The molecular formula is C20H17N3O4S2. The van der Waals surface area contributed by atoms with Gasteiger partial charge < -0.3 is 9.73 Å². The first-order valence-electron chi connectivity index (χ1n) is 8.70. The van der Waals surface area contributed by atoms with Crippen LogP contribution in [0.3, 0.4) is 0 Å². The second-order valence-electron chi connectivity index (χ2n) is 6.45. The highest BCUT2D eigenvalue weighted by atomic mass is 32.2. The molecule has 29 heavy (non-hydrogen) atoms. The van der Waals surface area contributed by atoms with E-state index < -0.39 is 10.0 Å². The molecule has 0 saturated heterocycles. The molecule has 2 heterocycles. The van der Waals surface area contributed by atoms with Crippen molar-refractivity contribution in [2.45, 2.75) is 18.2 Å². The van der Waals surface area contributed by atoms with Crippen molar-refractivity contribution in [3.8, 4) is 0 Å². The normalized spacial score (nSPS) is 11.5. The van der Waals surface area contributed by atoms with Crippen LogP contribution in [0.15, 0.2) is 69.6 Å². The number of hydrogen-bond acceptors (Lipinski definition) is 6. The molecular weight excluding hydrogens is 410 g/mol. The zero-order chi connectivity index (χ0) is 20.4. The summed E-state index contributed by atoms with van der Waals surface area (Å²) in [4.78, 5) is 16.4. The molecule has 0 bridgehead atoms. The van der Waals surface area contributed by atoms with E-state index in [-0.39, 0.29) is 17.2 Å². The maximum Gasteiger partial charge on any atom is 0.263 e. The Morgan fingerprint density at radius 2 is 1.97 bits per heavy atom. The fourth-order valence-corrected chi connectivity index (χ4v) is 4.66. The monoisotopic (exact) mass is 427 g/mol. The number of nitrogens with one attached hydrogen (secondary N) is 2. The molecule has 0 radical (unpaired) electrons. The number of fused-ring (bicyclic) bond motifs is 1. The molecule has 2 aromatic heterocycles. The van der Waals surface area contributed by atoms with Crippen LogP contribution in [0.4, 0.5) is 10.8 Å². The van der Waals surface area contributed by atoms with Gasteiger partial charge in [-0.3, -0.25) is 9.52 Å². The molecule has 0 spiro atoms. The number of amides is 1. The van der Waals surface area contributed by atoms with E-state index in [4.69, 9.17) is 4.42 Å². The van der Waals surface area contributed by atoms with Gasteiger partial charge in [0.1, 0.15) is 5.58 Å². The zero-order valence-corrected chi connectivity index (χ0v) is 17.0. The zero-order valence-electron chi connectivity index (χ0n) is 15.4. The number of benzene rings is 2. The third kappa shape index (κ3) is 4.30. The first kappa shape index (κ1) is 19.2. The number of carbonyl (C=O) groups is 1. The second kappa shape index (κ2) is 7.69. The lowest BCUT2D eigenvalue weighted by Gasteiger charge is -2.08. The van der Waals surface area contributed by atoms with Crippen LogP contribution in [0.25, 0.3) is 11.0 Å². The molecule has 9 heteroatoms. The quantitative estimate of drug-likeness (QED) is 0.481. The maximum atomic E-state index is 12.4. The number of anilines is 2. The van der Waals surface area contributed by atoms with Crippen molar-refractivity contribution < 1.29 is 17.6 Å². The van der Waals surface area contributed by atoms with Gasteiger partial charge in [-0.25, -0.2) is 13.4 Å². The predicted octanol–water partition coefficient (Wildman–Crippen LogP) is 4.18. The third-order valence-corrected chi connectivity index (χ3v) is 6.44. The lowest BCUT2D eigenvalue weighted by Crippen LogP contribution is -2.15. The molecule has 1 amide bonds. The molecule has 2 N–H and O–H groups in total. The minimum atomic E-state index is -3.73. The van der Waals surface area contributed by atoms with Crippen LogP contribution in [0, 0.1) is 6.92 Å². The topological polar surface area (TPSA) is 101 Å². The van der Waals surface area contributed by atoms with Gasteiger partial charge in [0.05, 0.1) is 17.6 Å². The molecule has 4 rings (SSSR count). The summed E-state index contributed by atoms with van der Waals surface area (Å²) < 4.78 is 32.6. The summed E-state index contributed by atoms with van der Waals surface area (Å²) in [5.41, 5.74) is 3.13. The van der Waals surface area contributed by atoms with E-state index in [2.05, 4.69) is 15.0 Å². The number of nitrogens with zero attached hydrogens (tertiary/aromatic N) is 1. The van der Waals surface area contributed by atoms with E-state index >= 15 is 0 Å². The van der Waals surface area contributed by atoms with E-state index in [9.17, 15) is 13.2 Å². The standard InChI is InChI=1S/C20H17N3O4S2/c1-13-2-7-18-17(10-13)14(12-27-18)11-19(24)22-15-3-5-16(6-4-15)29(25,26)23-20-21-8-9-28-20/h2-10,12H,11H2,1H3,(H,21,23)(H,22,24). The number of thiazole rings is 1. The van der Waals surface area contributed by atoms with E-state index in [1.165, 1.54) is 29.7 Å². The Labute approximate surface area is 171 Å². The number of hydrogen-bond donors (Lipinski definition) is 2. The molecule has 0 saturated carbocycles. The molecule has 0 aliphatic rings. The Morgan fingerprint density at radius 1 is 1.17 bits per heavy atom. The van der Waals surface area contributed by atoms with Crippen molar-refractivity contribution in [3.63, 3.8) is 0 Å². The summed E-state index contributed by atoms with van der Waals surface area (Å²) in [6, 6.07) is 11.8. The fraction of sp³-hybridized carbons (Fsp3) is 0.100. The molecule has 7 nitrogen and oxygen atoms in total. The number of aryl methyl sites for hydroxylation is 1. The highest BCUT2D eigenvalue weighted by molar-refractivity contribution is 7.93. The molecule has 148 valence electrons. The number of carbonyl (C=O) groups excluding carboxylic acids is 1. The van der Waals surface area contributed by atoms with Crippen molar-refractivity contribution in [3.05, 3.63) is 71.4 Å². The Hall–Kier alpha value is -3.17. The largest absolute Gasteiger partial charge is 0.464 e. The summed E-state index contributed by atoms with van der Waals surface area (Å²) in [5.74, 6) is -0.217. The van der Waals surface area contributed by atoms with Crippen molar-refractivity contribution in [2.24, 2.45) is 0 Å². The van der Waals surface area contributed by atoms with Gasteiger partial charge in [-0.05, 0) is 43.3 Å². The van der Waals surface area contributed by atoms with Crippen molar-refractivity contribution in [2.75, 3.05) is 10.0 Å². The van der Waals surface area contributed by atoms with Crippen molar-refractivity contribution in [1.82, 2.24) is 4.98 Å². The SMILES string of the molecule is Cc1ccc2occ(CC(=O)Nc3ccc(S(=O)(=O)Nc4nccs4)cc3)c2c1. The molecule has 0 unspecified atom stereocenters. The Kier molecular flexibility index (Phi) is 5.08. The summed E-state index contributed by atoms with van der Waals surface area (Å²) in [6.07, 6.45) is 3.26. The lowest BCUT2D eigenvalue weighted by molar-refractivity contribution is -0.115. The minimum absolute atomic E-state index is 0.0852. The average molecular weight is 428 g/mol.